The molecule has 0 saturated carbocycles. The summed E-state index contributed by atoms with van der Waals surface area (Å²) in [5.41, 5.74) is 2.62. The maximum absolute atomic E-state index is 9.80. The highest BCUT2D eigenvalue weighted by Crippen LogP contribution is 2.32. The van der Waals surface area contributed by atoms with E-state index in [4.69, 9.17) is 0 Å². The van der Waals surface area contributed by atoms with Gasteiger partial charge < -0.3 is 10.0 Å². The topological polar surface area (TPSA) is 23.5 Å². The van der Waals surface area contributed by atoms with E-state index in [2.05, 4.69) is 62.3 Å². The quantitative estimate of drug-likeness (QED) is 0.823. The maximum atomic E-state index is 9.80. The molecule has 0 saturated heterocycles. The minimum atomic E-state index is 0.360. The van der Waals surface area contributed by atoms with Crippen LogP contribution in [0.25, 0.3) is 0 Å². The van der Waals surface area contributed by atoms with Crippen LogP contribution < -0.4 is 0 Å². The smallest absolute Gasteiger partial charge is 0.115 e. The van der Waals surface area contributed by atoms with Gasteiger partial charge >= 0.3 is 0 Å². The summed E-state index contributed by atoms with van der Waals surface area (Å²) in [5.74, 6) is 1.35. The third kappa shape index (κ3) is 4.60. The zero-order valence-corrected chi connectivity index (χ0v) is 13.9. The maximum Gasteiger partial charge on any atom is 0.115 e. The second-order valence-corrected chi connectivity index (χ2v) is 6.32. The molecule has 0 bridgehead atoms. The highest BCUT2D eigenvalue weighted by Gasteiger charge is 2.23. The summed E-state index contributed by atoms with van der Waals surface area (Å²) in [6.45, 7) is 3.28. The van der Waals surface area contributed by atoms with Crippen molar-refractivity contribution >= 4 is 0 Å². The van der Waals surface area contributed by atoms with E-state index in [1.807, 2.05) is 12.1 Å². The minimum absolute atomic E-state index is 0.360. The summed E-state index contributed by atoms with van der Waals surface area (Å²) in [6.07, 6.45) is 2.14. The van der Waals surface area contributed by atoms with Gasteiger partial charge in [0, 0.05) is 6.54 Å². The van der Waals surface area contributed by atoms with E-state index >= 15 is 0 Å². The molecule has 2 aromatic carbocycles. The number of phenolic OH excluding ortho intramolecular Hbond substituents is 1. The van der Waals surface area contributed by atoms with Gasteiger partial charge in [-0.15, -0.1) is 0 Å². The first kappa shape index (κ1) is 16.6. The standard InChI is InChI=1S/C20H27NO/c1-4-20(17-11-8-12-19(22)14-17)18(15-21(2)3)13-16-9-6-5-7-10-16/h5-12,14,18,20,22H,4,13,15H2,1-3H3. The van der Waals surface area contributed by atoms with Crippen LogP contribution in [-0.4, -0.2) is 30.6 Å². The summed E-state index contributed by atoms with van der Waals surface area (Å²) >= 11 is 0. The fourth-order valence-corrected chi connectivity index (χ4v) is 3.32. The van der Waals surface area contributed by atoms with Gasteiger partial charge in [0.25, 0.3) is 0 Å². The lowest BCUT2D eigenvalue weighted by Crippen LogP contribution is -2.28. The van der Waals surface area contributed by atoms with Crippen molar-refractivity contribution in [2.45, 2.75) is 25.7 Å². The molecule has 0 aliphatic carbocycles. The molecule has 2 unspecified atom stereocenters. The van der Waals surface area contributed by atoms with Crippen LogP contribution in [-0.2, 0) is 6.42 Å². The van der Waals surface area contributed by atoms with E-state index in [0.717, 1.165) is 19.4 Å². The van der Waals surface area contributed by atoms with Gasteiger partial charge in [0.1, 0.15) is 5.75 Å². The van der Waals surface area contributed by atoms with Gasteiger partial charge in [-0.3, -0.25) is 0 Å². The highest BCUT2D eigenvalue weighted by atomic mass is 16.3. The van der Waals surface area contributed by atoms with E-state index < -0.39 is 0 Å². The Bertz CT molecular complexity index is 565. The molecule has 2 aromatic rings. The predicted molar refractivity (Wildman–Crippen MR) is 93.3 cm³/mol. The van der Waals surface area contributed by atoms with Crippen LogP contribution in [0.3, 0.4) is 0 Å². The number of hydrogen-bond donors (Lipinski definition) is 1. The Labute approximate surface area is 134 Å². The van der Waals surface area contributed by atoms with Gasteiger partial charge in [0.15, 0.2) is 0 Å². The second kappa shape index (κ2) is 8.00. The van der Waals surface area contributed by atoms with Gasteiger partial charge in [-0.2, -0.15) is 0 Å². The Kier molecular flexibility index (Phi) is 6.02. The molecule has 2 atom stereocenters. The molecule has 0 fully saturated rings. The Hall–Kier alpha value is -1.80. The number of aromatic hydroxyl groups is 1. The average molecular weight is 297 g/mol. The first-order chi connectivity index (χ1) is 10.6. The average Bonchev–Trinajstić information content (AvgIpc) is 2.48. The molecule has 2 heteroatoms. The SMILES string of the molecule is CCC(c1cccc(O)c1)C(Cc1ccccc1)CN(C)C. The molecule has 0 aromatic heterocycles. The molecule has 1 N–H and O–H groups in total. The Morgan fingerprint density at radius 3 is 2.32 bits per heavy atom. The number of nitrogens with zero attached hydrogens (tertiary/aromatic N) is 1. The van der Waals surface area contributed by atoms with Gasteiger partial charge in [-0.25, -0.2) is 0 Å². The van der Waals surface area contributed by atoms with Gasteiger partial charge in [-0.1, -0.05) is 49.4 Å². The first-order valence-electron chi connectivity index (χ1n) is 8.07. The van der Waals surface area contributed by atoms with Crippen LogP contribution >= 0.6 is 0 Å². The summed E-state index contributed by atoms with van der Waals surface area (Å²) in [5, 5.41) is 9.80. The van der Waals surface area contributed by atoms with Crippen LogP contribution in [0.5, 0.6) is 5.75 Å². The highest BCUT2D eigenvalue weighted by molar-refractivity contribution is 5.30. The molecule has 0 aliphatic rings. The van der Waals surface area contributed by atoms with E-state index in [9.17, 15) is 5.11 Å². The Balaban J connectivity index is 2.25. The van der Waals surface area contributed by atoms with Crippen molar-refractivity contribution in [1.82, 2.24) is 4.90 Å². The van der Waals surface area contributed by atoms with Crippen LogP contribution in [0.4, 0.5) is 0 Å². The van der Waals surface area contributed by atoms with Crippen molar-refractivity contribution in [3.63, 3.8) is 0 Å². The number of benzene rings is 2. The minimum Gasteiger partial charge on any atom is -0.508 e. The van der Waals surface area contributed by atoms with Crippen molar-refractivity contribution in [1.29, 1.82) is 0 Å². The van der Waals surface area contributed by atoms with Gasteiger partial charge in [0.05, 0.1) is 0 Å². The van der Waals surface area contributed by atoms with Crippen LogP contribution in [0, 0.1) is 5.92 Å². The van der Waals surface area contributed by atoms with Crippen molar-refractivity contribution in [2.24, 2.45) is 5.92 Å². The molecular formula is C20H27NO. The van der Waals surface area contributed by atoms with Gasteiger partial charge in [-0.05, 0) is 62.0 Å². The normalized spacial score (nSPS) is 14.0. The zero-order valence-electron chi connectivity index (χ0n) is 13.9. The molecule has 0 aliphatic heterocycles. The molecule has 0 radical (unpaired) electrons. The molecule has 0 heterocycles. The largest absolute Gasteiger partial charge is 0.508 e. The van der Waals surface area contributed by atoms with Crippen LogP contribution in [0.2, 0.25) is 0 Å². The van der Waals surface area contributed by atoms with Crippen LogP contribution in [0.1, 0.15) is 30.4 Å². The number of phenols is 1. The van der Waals surface area contributed by atoms with E-state index in [0.29, 0.717) is 17.6 Å². The Morgan fingerprint density at radius 1 is 1.00 bits per heavy atom. The molecule has 118 valence electrons. The Morgan fingerprint density at radius 2 is 1.73 bits per heavy atom. The molecule has 22 heavy (non-hydrogen) atoms. The summed E-state index contributed by atoms with van der Waals surface area (Å²) in [7, 11) is 4.26. The zero-order chi connectivity index (χ0) is 15.9. The first-order valence-corrected chi connectivity index (χ1v) is 8.07. The molecule has 0 spiro atoms. The van der Waals surface area contributed by atoms with Crippen molar-refractivity contribution in [2.75, 3.05) is 20.6 Å². The lowest BCUT2D eigenvalue weighted by Gasteiger charge is -2.29. The molecule has 0 amide bonds. The predicted octanol–water partition coefficient (Wildman–Crippen LogP) is 4.31. The van der Waals surface area contributed by atoms with E-state index in [1.54, 1.807) is 6.07 Å². The monoisotopic (exact) mass is 297 g/mol. The third-order valence-corrected chi connectivity index (χ3v) is 4.25. The van der Waals surface area contributed by atoms with Crippen molar-refractivity contribution in [3.8, 4) is 5.75 Å². The van der Waals surface area contributed by atoms with Gasteiger partial charge in [0.2, 0.25) is 0 Å². The second-order valence-electron chi connectivity index (χ2n) is 6.32. The van der Waals surface area contributed by atoms with E-state index in [1.165, 1.54) is 11.1 Å². The molecular weight excluding hydrogens is 270 g/mol. The van der Waals surface area contributed by atoms with Crippen LogP contribution in [0.15, 0.2) is 54.6 Å². The summed E-state index contributed by atoms with van der Waals surface area (Å²) in [6, 6.07) is 18.4. The molecule has 2 nitrogen and oxygen atoms in total. The number of hydrogen-bond acceptors (Lipinski definition) is 2. The molecule has 2 rings (SSSR count). The van der Waals surface area contributed by atoms with Crippen molar-refractivity contribution < 1.29 is 5.11 Å². The third-order valence-electron chi connectivity index (χ3n) is 4.25. The fraction of sp³-hybridized carbons (Fsp3) is 0.400. The fourth-order valence-electron chi connectivity index (χ4n) is 3.32. The lowest BCUT2D eigenvalue weighted by molar-refractivity contribution is 0.282. The van der Waals surface area contributed by atoms with E-state index in [-0.39, 0.29) is 0 Å². The summed E-state index contributed by atoms with van der Waals surface area (Å²) in [4.78, 5) is 2.26. The lowest BCUT2D eigenvalue weighted by atomic mass is 9.80. The van der Waals surface area contributed by atoms with Crippen molar-refractivity contribution in [3.05, 3.63) is 65.7 Å². The summed E-state index contributed by atoms with van der Waals surface area (Å²) < 4.78 is 0. The number of rotatable bonds is 7.